The van der Waals surface area contributed by atoms with E-state index in [4.69, 9.17) is 0 Å². The summed E-state index contributed by atoms with van der Waals surface area (Å²) >= 11 is 0. The van der Waals surface area contributed by atoms with Crippen molar-refractivity contribution in [3.8, 4) is 0 Å². The zero-order valence-electron chi connectivity index (χ0n) is 12.2. The number of hydrazone groups is 1. The Morgan fingerprint density at radius 1 is 1.24 bits per heavy atom. The molecule has 0 aliphatic rings. The second kappa shape index (κ2) is 7.19. The van der Waals surface area contributed by atoms with Crippen molar-refractivity contribution in [2.24, 2.45) is 5.10 Å². The number of hydrogen-bond acceptors (Lipinski definition) is 4. The van der Waals surface area contributed by atoms with Crippen LogP contribution in [0, 0.1) is 0 Å². The van der Waals surface area contributed by atoms with Crippen molar-refractivity contribution in [2.75, 3.05) is 11.6 Å². The van der Waals surface area contributed by atoms with Gasteiger partial charge in [0.05, 0.1) is 11.3 Å². The van der Waals surface area contributed by atoms with E-state index in [1.807, 2.05) is 42.3 Å². The number of amides is 1. The molecule has 5 heteroatoms. The van der Waals surface area contributed by atoms with Gasteiger partial charge in [-0.2, -0.15) is 5.10 Å². The summed E-state index contributed by atoms with van der Waals surface area (Å²) in [7, 11) is 0. The van der Waals surface area contributed by atoms with Crippen LogP contribution in [0.15, 0.2) is 60.0 Å². The number of aromatic nitrogens is 1. The van der Waals surface area contributed by atoms with Gasteiger partial charge < -0.3 is 5.32 Å². The zero-order chi connectivity index (χ0) is 15.1. The highest BCUT2D eigenvalue weighted by Crippen LogP contribution is 2.12. The van der Waals surface area contributed by atoms with E-state index in [2.05, 4.69) is 15.4 Å². The first-order chi connectivity index (χ1) is 10.2. The Labute approximate surface area is 124 Å². The van der Waals surface area contributed by atoms with Crippen molar-refractivity contribution in [3.05, 3.63) is 60.4 Å². The number of anilines is 1. The summed E-state index contributed by atoms with van der Waals surface area (Å²) in [5, 5.41) is 9.02. The maximum absolute atomic E-state index is 12.0. The Balaban J connectivity index is 2.08. The maximum Gasteiger partial charge on any atom is 0.258 e. The molecular weight excluding hydrogens is 264 g/mol. The van der Waals surface area contributed by atoms with Gasteiger partial charge in [0.25, 0.3) is 5.91 Å². The monoisotopic (exact) mass is 282 g/mol. The van der Waals surface area contributed by atoms with Gasteiger partial charge in [0.1, 0.15) is 5.84 Å². The fourth-order valence-corrected chi connectivity index (χ4v) is 1.85. The molecule has 5 nitrogen and oxygen atoms in total. The summed E-state index contributed by atoms with van der Waals surface area (Å²) < 4.78 is 0. The van der Waals surface area contributed by atoms with Gasteiger partial charge in [0, 0.05) is 18.9 Å². The van der Waals surface area contributed by atoms with Crippen molar-refractivity contribution in [3.63, 3.8) is 0 Å². The van der Waals surface area contributed by atoms with Crippen LogP contribution >= 0.6 is 0 Å². The van der Waals surface area contributed by atoms with Gasteiger partial charge >= 0.3 is 0 Å². The van der Waals surface area contributed by atoms with Gasteiger partial charge in [-0.25, -0.2) is 0 Å². The van der Waals surface area contributed by atoms with E-state index in [1.165, 1.54) is 6.20 Å². The number of pyridine rings is 1. The predicted octanol–water partition coefficient (Wildman–Crippen LogP) is 2.67. The van der Waals surface area contributed by atoms with Crippen LogP contribution in [0.5, 0.6) is 0 Å². The van der Waals surface area contributed by atoms with Crippen LogP contribution in [0.3, 0.4) is 0 Å². The third kappa shape index (κ3) is 4.14. The minimum absolute atomic E-state index is 0.214. The fourth-order valence-electron chi connectivity index (χ4n) is 1.85. The highest BCUT2D eigenvalue weighted by Gasteiger charge is 2.07. The first kappa shape index (κ1) is 14.7. The van der Waals surface area contributed by atoms with Gasteiger partial charge in [0.2, 0.25) is 0 Å². The van der Waals surface area contributed by atoms with Crippen LogP contribution < -0.4 is 10.3 Å². The SMILES string of the molecule is CCN(/N=C(\C)NC(=O)c1cccnc1)c1ccccc1. The third-order valence-electron chi connectivity index (χ3n) is 2.84. The second-order valence-electron chi connectivity index (χ2n) is 4.43. The molecule has 0 aliphatic heterocycles. The summed E-state index contributed by atoms with van der Waals surface area (Å²) in [5.41, 5.74) is 1.49. The number of benzene rings is 1. The largest absolute Gasteiger partial charge is 0.309 e. The lowest BCUT2D eigenvalue weighted by molar-refractivity contribution is 0.0976. The Morgan fingerprint density at radius 3 is 2.62 bits per heavy atom. The molecule has 0 radical (unpaired) electrons. The molecule has 2 rings (SSSR count). The molecule has 1 N–H and O–H groups in total. The number of nitrogens with one attached hydrogen (secondary N) is 1. The Bertz CT molecular complexity index is 611. The highest BCUT2D eigenvalue weighted by molar-refractivity contribution is 6.05. The molecular formula is C16H18N4O. The normalized spacial score (nSPS) is 11.0. The van der Waals surface area contributed by atoms with Crippen molar-refractivity contribution in [1.29, 1.82) is 0 Å². The lowest BCUT2D eigenvalue weighted by Crippen LogP contribution is -2.31. The van der Waals surface area contributed by atoms with Crippen LogP contribution in [0.25, 0.3) is 0 Å². The molecule has 1 heterocycles. The molecule has 0 aliphatic carbocycles. The summed E-state index contributed by atoms with van der Waals surface area (Å²) in [6.07, 6.45) is 3.16. The van der Waals surface area contributed by atoms with E-state index in [9.17, 15) is 4.79 Å². The smallest absolute Gasteiger partial charge is 0.258 e. The summed E-state index contributed by atoms with van der Waals surface area (Å²) in [4.78, 5) is 15.9. The van der Waals surface area contributed by atoms with E-state index < -0.39 is 0 Å². The minimum atomic E-state index is -0.214. The molecule has 0 bridgehead atoms. The summed E-state index contributed by atoms with van der Waals surface area (Å²) in [6, 6.07) is 13.3. The van der Waals surface area contributed by atoms with Crippen LogP contribution in [-0.2, 0) is 0 Å². The molecule has 0 saturated heterocycles. The third-order valence-corrected chi connectivity index (χ3v) is 2.84. The predicted molar refractivity (Wildman–Crippen MR) is 84.3 cm³/mol. The lowest BCUT2D eigenvalue weighted by Gasteiger charge is -2.18. The van der Waals surface area contributed by atoms with Gasteiger partial charge in [-0.15, -0.1) is 0 Å². The number of para-hydroxylation sites is 1. The number of rotatable bonds is 4. The van der Waals surface area contributed by atoms with Crippen molar-refractivity contribution < 1.29 is 4.79 Å². The Morgan fingerprint density at radius 2 is 2.00 bits per heavy atom. The highest BCUT2D eigenvalue weighted by atomic mass is 16.1. The molecule has 0 fully saturated rings. The fraction of sp³-hybridized carbons (Fsp3) is 0.188. The quantitative estimate of drug-likeness (QED) is 0.533. The van der Waals surface area contributed by atoms with Crippen LogP contribution in [0.4, 0.5) is 5.69 Å². The second-order valence-corrected chi connectivity index (χ2v) is 4.43. The van der Waals surface area contributed by atoms with Gasteiger partial charge in [-0.1, -0.05) is 18.2 Å². The van der Waals surface area contributed by atoms with E-state index >= 15 is 0 Å². The Hall–Kier alpha value is -2.69. The van der Waals surface area contributed by atoms with Crippen LogP contribution in [0.1, 0.15) is 24.2 Å². The molecule has 108 valence electrons. The molecule has 0 unspecified atom stereocenters. The molecule has 0 atom stereocenters. The van der Waals surface area contributed by atoms with Crippen molar-refractivity contribution in [1.82, 2.24) is 10.3 Å². The maximum atomic E-state index is 12.0. The number of amidine groups is 1. The number of nitrogens with zero attached hydrogens (tertiary/aromatic N) is 3. The van der Waals surface area contributed by atoms with Crippen molar-refractivity contribution >= 4 is 17.4 Å². The van der Waals surface area contributed by atoms with Crippen LogP contribution in [0.2, 0.25) is 0 Å². The van der Waals surface area contributed by atoms with Gasteiger partial charge in [-0.05, 0) is 38.1 Å². The number of carbonyl (C=O) groups is 1. The molecule has 2 aromatic rings. The molecule has 21 heavy (non-hydrogen) atoms. The molecule has 1 amide bonds. The summed E-state index contributed by atoms with van der Waals surface area (Å²) in [5.74, 6) is 0.322. The first-order valence-corrected chi connectivity index (χ1v) is 6.80. The van der Waals surface area contributed by atoms with Gasteiger partial charge in [-0.3, -0.25) is 14.8 Å². The zero-order valence-corrected chi connectivity index (χ0v) is 12.2. The average Bonchev–Trinajstić information content (AvgIpc) is 2.54. The number of hydrogen-bond donors (Lipinski definition) is 1. The van der Waals surface area contributed by atoms with Gasteiger partial charge in [0.15, 0.2) is 0 Å². The first-order valence-electron chi connectivity index (χ1n) is 6.80. The molecule has 1 aromatic carbocycles. The van der Waals surface area contributed by atoms with Crippen LogP contribution in [-0.4, -0.2) is 23.3 Å². The minimum Gasteiger partial charge on any atom is -0.309 e. The van der Waals surface area contributed by atoms with Crippen molar-refractivity contribution in [2.45, 2.75) is 13.8 Å². The molecule has 1 aromatic heterocycles. The summed E-state index contributed by atoms with van der Waals surface area (Å²) in [6.45, 7) is 4.48. The number of carbonyl (C=O) groups excluding carboxylic acids is 1. The standard InChI is InChI=1S/C16H18N4O/c1-3-20(15-9-5-4-6-10-15)19-13(2)18-16(21)14-8-7-11-17-12-14/h4-12H,3H2,1-2H3,(H,18,19,21). The van der Waals surface area contributed by atoms with E-state index in [0.717, 1.165) is 5.69 Å². The van der Waals surface area contributed by atoms with E-state index in [1.54, 1.807) is 25.3 Å². The molecule has 0 spiro atoms. The average molecular weight is 282 g/mol. The topological polar surface area (TPSA) is 57.6 Å². The Kier molecular flexibility index (Phi) is 5.04. The van der Waals surface area contributed by atoms with E-state index in [0.29, 0.717) is 17.9 Å². The molecule has 0 saturated carbocycles. The lowest BCUT2D eigenvalue weighted by atomic mass is 10.3. The van der Waals surface area contributed by atoms with E-state index in [-0.39, 0.29) is 5.91 Å².